The summed E-state index contributed by atoms with van der Waals surface area (Å²) in [6.45, 7) is 2.58. The Kier molecular flexibility index (Phi) is 6.92. The molecule has 0 saturated heterocycles. The number of hydrogen-bond acceptors (Lipinski definition) is 7. The van der Waals surface area contributed by atoms with E-state index in [9.17, 15) is 14.4 Å². The van der Waals surface area contributed by atoms with E-state index in [1.807, 2.05) is 0 Å². The van der Waals surface area contributed by atoms with E-state index in [0.29, 0.717) is 22.6 Å². The number of allylic oxidation sites excluding steroid dienone is 1. The van der Waals surface area contributed by atoms with E-state index < -0.39 is 11.9 Å². The summed E-state index contributed by atoms with van der Waals surface area (Å²) >= 11 is 0. The maximum atomic E-state index is 12.4. The summed E-state index contributed by atoms with van der Waals surface area (Å²) in [7, 11) is 2.88. The average molecular weight is 384 g/mol. The highest BCUT2D eigenvalue weighted by atomic mass is 16.6. The highest BCUT2D eigenvalue weighted by Crippen LogP contribution is 2.30. The van der Waals surface area contributed by atoms with Crippen LogP contribution in [0.1, 0.15) is 29.8 Å². The molecule has 2 rings (SSSR count). The van der Waals surface area contributed by atoms with Crippen LogP contribution in [-0.2, 0) is 9.59 Å². The summed E-state index contributed by atoms with van der Waals surface area (Å²) in [6, 6.07) is 9.45. The first-order chi connectivity index (χ1) is 13.3. The summed E-state index contributed by atoms with van der Waals surface area (Å²) in [5.41, 5.74) is 1.05. The zero-order valence-electron chi connectivity index (χ0n) is 16.0. The molecule has 0 fully saturated rings. The Labute approximate surface area is 162 Å². The predicted molar refractivity (Wildman–Crippen MR) is 102 cm³/mol. The van der Waals surface area contributed by atoms with Crippen molar-refractivity contribution in [2.24, 2.45) is 0 Å². The van der Waals surface area contributed by atoms with Crippen LogP contribution >= 0.6 is 0 Å². The van der Waals surface area contributed by atoms with E-state index in [-0.39, 0.29) is 17.3 Å². The minimum atomic E-state index is -0.483. The van der Waals surface area contributed by atoms with Gasteiger partial charge in [-0.3, -0.25) is 14.4 Å². The molecular formula is C21H20O7. The number of methoxy groups -OCH3 is 2. The van der Waals surface area contributed by atoms with Gasteiger partial charge < -0.3 is 18.9 Å². The van der Waals surface area contributed by atoms with Crippen molar-refractivity contribution in [3.63, 3.8) is 0 Å². The van der Waals surface area contributed by atoms with Gasteiger partial charge in [0, 0.05) is 19.4 Å². The lowest BCUT2D eigenvalue weighted by Gasteiger charge is -2.09. The molecular weight excluding hydrogens is 364 g/mol. The van der Waals surface area contributed by atoms with Crippen molar-refractivity contribution in [3.8, 4) is 23.0 Å². The molecule has 0 atom stereocenters. The second-order valence-corrected chi connectivity index (χ2v) is 5.66. The molecule has 0 bridgehead atoms. The molecule has 0 aliphatic heterocycles. The van der Waals surface area contributed by atoms with Crippen LogP contribution in [0.25, 0.3) is 6.08 Å². The lowest BCUT2D eigenvalue weighted by Crippen LogP contribution is -2.04. The smallest absolute Gasteiger partial charge is 0.308 e. The van der Waals surface area contributed by atoms with Crippen LogP contribution in [0.15, 0.2) is 42.5 Å². The Balaban J connectivity index is 2.21. The van der Waals surface area contributed by atoms with Gasteiger partial charge in [-0.1, -0.05) is 12.1 Å². The fourth-order valence-electron chi connectivity index (χ4n) is 2.36. The Hall–Kier alpha value is -3.61. The monoisotopic (exact) mass is 384 g/mol. The van der Waals surface area contributed by atoms with Gasteiger partial charge in [-0.25, -0.2) is 0 Å². The van der Waals surface area contributed by atoms with Crippen molar-refractivity contribution in [1.29, 1.82) is 0 Å². The molecule has 0 saturated carbocycles. The highest BCUT2D eigenvalue weighted by molar-refractivity contribution is 6.07. The van der Waals surface area contributed by atoms with Crippen molar-refractivity contribution in [3.05, 3.63) is 53.6 Å². The van der Waals surface area contributed by atoms with Gasteiger partial charge in [0.1, 0.15) is 0 Å². The number of ether oxygens (including phenoxy) is 4. The number of carbonyl (C=O) groups excluding carboxylic acids is 3. The Morgan fingerprint density at radius 2 is 1.29 bits per heavy atom. The molecule has 28 heavy (non-hydrogen) atoms. The summed E-state index contributed by atoms with van der Waals surface area (Å²) in [5, 5.41) is 0. The fourth-order valence-corrected chi connectivity index (χ4v) is 2.36. The van der Waals surface area contributed by atoms with Gasteiger partial charge in [0.25, 0.3) is 0 Å². The van der Waals surface area contributed by atoms with Crippen molar-refractivity contribution >= 4 is 23.8 Å². The van der Waals surface area contributed by atoms with Crippen molar-refractivity contribution in [2.75, 3.05) is 14.2 Å². The second-order valence-electron chi connectivity index (χ2n) is 5.66. The molecule has 0 unspecified atom stereocenters. The molecule has 0 aliphatic rings. The lowest BCUT2D eigenvalue weighted by atomic mass is 10.1. The lowest BCUT2D eigenvalue weighted by molar-refractivity contribution is -0.132. The van der Waals surface area contributed by atoms with Gasteiger partial charge in [0.15, 0.2) is 28.8 Å². The molecule has 0 heterocycles. The first kappa shape index (κ1) is 20.7. The van der Waals surface area contributed by atoms with Crippen LogP contribution in [0.2, 0.25) is 0 Å². The number of carbonyl (C=O) groups is 3. The highest BCUT2D eigenvalue weighted by Gasteiger charge is 2.11. The summed E-state index contributed by atoms with van der Waals surface area (Å²) in [4.78, 5) is 34.6. The van der Waals surface area contributed by atoms with Gasteiger partial charge in [0.05, 0.1) is 14.2 Å². The fraction of sp³-hybridized carbons (Fsp3) is 0.190. The molecule has 0 amide bonds. The topological polar surface area (TPSA) is 88.1 Å². The quantitative estimate of drug-likeness (QED) is 0.313. The Bertz CT molecular complexity index is 928. The van der Waals surface area contributed by atoms with Gasteiger partial charge in [0.2, 0.25) is 0 Å². The molecule has 0 aliphatic carbocycles. The van der Waals surface area contributed by atoms with Crippen LogP contribution in [-0.4, -0.2) is 31.9 Å². The molecule has 0 spiro atoms. The zero-order chi connectivity index (χ0) is 20.7. The molecule has 2 aromatic carbocycles. The standard InChI is InChI=1S/C21H20O7/c1-13(22)27-18-9-6-15(11-20(18)25-3)5-8-17(24)16-7-10-19(28-14(2)23)21(12-16)26-4/h5-12H,1-4H3/b8-5+. The predicted octanol–water partition coefficient (Wildman–Crippen LogP) is 3.45. The van der Waals surface area contributed by atoms with Crippen molar-refractivity contribution < 1.29 is 33.3 Å². The normalized spacial score (nSPS) is 10.4. The maximum Gasteiger partial charge on any atom is 0.308 e. The molecule has 0 N–H and O–H groups in total. The Morgan fingerprint density at radius 1 is 0.750 bits per heavy atom. The van der Waals surface area contributed by atoms with Gasteiger partial charge in [-0.15, -0.1) is 0 Å². The summed E-state index contributed by atoms with van der Waals surface area (Å²) < 4.78 is 20.4. The number of ketones is 1. The number of benzene rings is 2. The maximum absolute atomic E-state index is 12.4. The number of esters is 2. The Morgan fingerprint density at radius 3 is 1.82 bits per heavy atom. The van der Waals surface area contributed by atoms with Gasteiger partial charge in [-0.2, -0.15) is 0 Å². The van der Waals surface area contributed by atoms with Crippen LogP contribution in [0.4, 0.5) is 0 Å². The third-order valence-corrected chi connectivity index (χ3v) is 3.57. The zero-order valence-corrected chi connectivity index (χ0v) is 16.0. The van der Waals surface area contributed by atoms with E-state index in [4.69, 9.17) is 18.9 Å². The summed E-state index contributed by atoms with van der Waals surface area (Å²) in [5.74, 6) is -0.0216. The van der Waals surface area contributed by atoms with Crippen LogP contribution < -0.4 is 18.9 Å². The van der Waals surface area contributed by atoms with E-state index in [1.54, 1.807) is 24.3 Å². The molecule has 2 aromatic rings. The van der Waals surface area contributed by atoms with Gasteiger partial charge >= 0.3 is 11.9 Å². The average Bonchev–Trinajstić information content (AvgIpc) is 2.66. The summed E-state index contributed by atoms with van der Waals surface area (Å²) in [6.07, 6.45) is 3.00. The van der Waals surface area contributed by atoms with E-state index in [0.717, 1.165) is 0 Å². The van der Waals surface area contributed by atoms with E-state index >= 15 is 0 Å². The second kappa shape index (κ2) is 9.36. The largest absolute Gasteiger partial charge is 0.493 e. The first-order valence-electron chi connectivity index (χ1n) is 8.29. The van der Waals surface area contributed by atoms with Gasteiger partial charge in [-0.05, 0) is 42.0 Å². The molecule has 7 nitrogen and oxygen atoms in total. The third kappa shape index (κ3) is 5.44. The van der Waals surface area contributed by atoms with E-state index in [1.165, 1.54) is 52.3 Å². The number of rotatable bonds is 7. The molecule has 0 aromatic heterocycles. The molecule has 7 heteroatoms. The van der Waals surface area contributed by atoms with E-state index in [2.05, 4.69) is 0 Å². The van der Waals surface area contributed by atoms with Crippen molar-refractivity contribution in [2.45, 2.75) is 13.8 Å². The number of hydrogen-bond donors (Lipinski definition) is 0. The third-order valence-electron chi connectivity index (χ3n) is 3.57. The molecule has 146 valence electrons. The minimum Gasteiger partial charge on any atom is -0.493 e. The van der Waals surface area contributed by atoms with Crippen LogP contribution in [0.5, 0.6) is 23.0 Å². The minimum absolute atomic E-state index is 0.237. The molecule has 0 radical (unpaired) electrons. The SMILES string of the molecule is COc1cc(/C=C/C(=O)c2ccc(OC(C)=O)c(OC)c2)ccc1OC(C)=O. The van der Waals surface area contributed by atoms with Crippen molar-refractivity contribution in [1.82, 2.24) is 0 Å². The first-order valence-corrected chi connectivity index (χ1v) is 8.29. The van der Waals surface area contributed by atoms with Crippen LogP contribution in [0, 0.1) is 0 Å². The van der Waals surface area contributed by atoms with Crippen LogP contribution in [0.3, 0.4) is 0 Å².